The molecule has 4 heteroatoms. The van der Waals surface area contributed by atoms with Crippen LogP contribution in [0.1, 0.15) is 5.69 Å². The van der Waals surface area contributed by atoms with Crippen LogP contribution in [0.2, 0.25) is 0 Å². The van der Waals surface area contributed by atoms with Crippen molar-refractivity contribution in [3.63, 3.8) is 0 Å². The maximum Gasteiger partial charge on any atom is 0.215 e. The fourth-order valence-corrected chi connectivity index (χ4v) is 1.28. The van der Waals surface area contributed by atoms with Gasteiger partial charge in [0.15, 0.2) is 5.13 Å². The van der Waals surface area contributed by atoms with E-state index in [4.69, 9.17) is 0 Å². The monoisotopic (exact) mass is 156 g/mol. The second-order valence-corrected chi connectivity index (χ2v) is 2.82. The minimum absolute atomic E-state index is 0.743. The van der Waals surface area contributed by atoms with Crippen molar-refractivity contribution in [3.8, 4) is 0 Å². The summed E-state index contributed by atoms with van der Waals surface area (Å²) in [5, 5.41) is 2.66. The summed E-state index contributed by atoms with van der Waals surface area (Å²) in [5.74, 6) is 0. The average Bonchev–Trinajstić information content (AvgIpc) is 2.34. The predicted molar refractivity (Wildman–Crippen MR) is 41.3 cm³/mol. The van der Waals surface area contributed by atoms with Crippen molar-refractivity contribution in [2.45, 2.75) is 6.92 Å². The number of hydrogen-bond donors (Lipinski definition) is 0. The minimum atomic E-state index is 0.743. The topological polar surface area (TPSA) is 33.2 Å². The van der Waals surface area contributed by atoms with Gasteiger partial charge < -0.3 is 0 Å². The minimum Gasteiger partial charge on any atom is -0.294 e. The van der Waals surface area contributed by atoms with Crippen molar-refractivity contribution < 1.29 is 4.79 Å². The summed E-state index contributed by atoms with van der Waals surface area (Å²) in [6, 6.07) is 0. The second kappa shape index (κ2) is 2.79. The van der Waals surface area contributed by atoms with E-state index in [-0.39, 0.29) is 0 Å². The maximum atomic E-state index is 10.2. The Morgan fingerprint density at radius 1 is 1.80 bits per heavy atom. The number of nitrogens with zero attached hydrogens (tertiary/aromatic N) is 2. The van der Waals surface area contributed by atoms with E-state index in [1.807, 2.05) is 12.3 Å². The molecule has 0 bridgehead atoms. The van der Waals surface area contributed by atoms with Gasteiger partial charge in [-0.25, -0.2) is 4.98 Å². The molecule has 1 aromatic rings. The van der Waals surface area contributed by atoms with E-state index in [1.54, 1.807) is 7.05 Å². The lowest BCUT2D eigenvalue weighted by molar-refractivity contribution is -0.107. The van der Waals surface area contributed by atoms with Crippen LogP contribution in [0.15, 0.2) is 5.38 Å². The average molecular weight is 156 g/mol. The molecule has 0 atom stereocenters. The Morgan fingerprint density at radius 3 is 2.90 bits per heavy atom. The van der Waals surface area contributed by atoms with Crippen molar-refractivity contribution in [3.05, 3.63) is 11.1 Å². The molecule has 0 spiro atoms. The van der Waals surface area contributed by atoms with Crippen LogP contribution in [0.4, 0.5) is 5.13 Å². The molecule has 0 fully saturated rings. The van der Waals surface area contributed by atoms with Crippen molar-refractivity contribution in [1.29, 1.82) is 0 Å². The molecule has 1 rings (SSSR count). The summed E-state index contributed by atoms with van der Waals surface area (Å²) in [4.78, 5) is 15.8. The zero-order chi connectivity index (χ0) is 7.56. The van der Waals surface area contributed by atoms with Gasteiger partial charge in [-0.05, 0) is 6.92 Å². The van der Waals surface area contributed by atoms with Gasteiger partial charge in [-0.3, -0.25) is 9.69 Å². The molecular weight excluding hydrogens is 148 g/mol. The molecular formula is C6H8N2OS. The van der Waals surface area contributed by atoms with Gasteiger partial charge in [-0.15, -0.1) is 11.3 Å². The smallest absolute Gasteiger partial charge is 0.215 e. The van der Waals surface area contributed by atoms with Gasteiger partial charge in [0.05, 0.1) is 5.69 Å². The first-order valence-electron chi connectivity index (χ1n) is 2.84. The standard InChI is InChI=1S/C6H8N2OS/c1-5-3-10-6(7-5)8(2)4-9/h3-4H,1-2H3. The van der Waals surface area contributed by atoms with Crippen molar-refractivity contribution in [2.24, 2.45) is 0 Å². The van der Waals surface area contributed by atoms with E-state index in [0.29, 0.717) is 0 Å². The molecule has 1 heterocycles. The van der Waals surface area contributed by atoms with Crippen LogP contribution in [-0.4, -0.2) is 18.4 Å². The number of aryl methyl sites for hydroxylation is 1. The van der Waals surface area contributed by atoms with E-state index in [9.17, 15) is 4.79 Å². The fourth-order valence-electron chi connectivity index (χ4n) is 0.549. The highest BCUT2D eigenvalue weighted by atomic mass is 32.1. The summed E-state index contributed by atoms with van der Waals surface area (Å²) in [6.45, 7) is 1.90. The summed E-state index contributed by atoms with van der Waals surface area (Å²) < 4.78 is 0. The molecule has 0 aliphatic carbocycles. The van der Waals surface area contributed by atoms with Gasteiger partial charge in [0.1, 0.15) is 0 Å². The molecule has 0 aromatic carbocycles. The van der Waals surface area contributed by atoms with Crippen LogP contribution < -0.4 is 4.90 Å². The van der Waals surface area contributed by atoms with Crippen LogP contribution in [0.3, 0.4) is 0 Å². The summed E-state index contributed by atoms with van der Waals surface area (Å²) in [5.41, 5.74) is 0.953. The number of carbonyl (C=O) groups is 1. The zero-order valence-corrected chi connectivity index (χ0v) is 6.68. The fraction of sp³-hybridized carbons (Fsp3) is 0.333. The van der Waals surface area contributed by atoms with Gasteiger partial charge in [0.25, 0.3) is 0 Å². The van der Waals surface area contributed by atoms with Crippen molar-refractivity contribution in [1.82, 2.24) is 4.98 Å². The van der Waals surface area contributed by atoms with E-state index in [0.717, 1.165) is 17.2 Å². The Bertz CT molecular complexity index is 233. The Morgan fingerprint density at radius 2 is 2.50 bits per heavy atom. The van der Waals surface area contributed by atoms with Crippen LogP contribution in [0.25, 0.3) is 0 Å². The molecule has 0 N–H and O–H groups in total. The lowest BCUT2D eigenvalue weighted by atomic mass is 10.6. The molecule has 0 aliphatic heterocycles. The summed E-state index contributed by atoms with van der Waals surface area (Å²) in [7, 11) is 1.69. The van der Waals surface area contributed by atoms with Gasteiger partial charge in [0, 0.05) is 12.4 Å². The third-order valence-corrected chi connectivity index (χ3v) is 2.12. The second-order valence-electron chi connectivity index (χ2n) is 1.99. The predicted octanol–water partition coefficient (Wildman–Crippen LogP) is 1.04. The highest BCUT2D eigenvalue weighted by Crippen LogP contribution is 2.16. The van der Waals surface area contributed by atoms with Gasteiger partial charge in [-0.1, -0.05) is 0 Å². The number of anilines is 1. The molecule has 10 heavy (non-hydrogen) atoms. The Labute approximate surface area is 63.3 Å². The number of amides is 1. The first-order chi connectivity index (χ1) is 4.74. The van der Waals surface area contributed by atoms with Crippen LogP contribution >= 0.6 is 11.3 Å². The Kier molecular flexibility index (Phi) is 2.01. The molecule has 0 radical (unpaired) electrons. The summed E-state index contributed by atoms with van der Waals surface area (Å²) >= 11 is 1.47. The number of thiazole rings is 1. The quantitative estimate of drug-likeness (QED) is 0.599. The number of hydrogen-bond acceptors (Lipinski definition) is 3. The van der Waals surface area contributed by atoms with Crippen LogP contribution in [0, 0.1) is 6.92 Å². The molecule has 0 aliphatic rings. The molecule has 0 saturated carbocycles. The largest absolute Gasteiger partial charge is 0.294 e. The highest BCUT2D eigenvalue weighted by Gasteiger charge is 2.01. The van der Waals surface area contributed by atoms with Crippen LogP contribution in [0.5, 0.6) is 0 Å². The molecule has 0 saturated heterocycles. The SMILES string of the molecule is Cc1csc(N(C)C=O)n1. The summed E-state index contributed by atoms with van der Waals surface area (Å²) in [6.07, 6.45) is 0.748. The third kappa shape index (κ3) is 1.33. The van der Waals surface area contributed by atoms with E-state index >= 15 is 0 Å². The van der Waals surface area contributed by atoms with Crippen LogP contribution in [-0.2, 0) is 4.79 Å². The third-order valence-electron chi connectivity index (χ3n) is 1.07. The van der Waals surface area contributed by atoms with Gasteiger partial charge in [0.2, 0.25) is 6.41 Å². The highest BCUT2D eigenvalue weighted by molar-refractivity contribution is 7.13. The molecule has 1 amide bonds. The maximum absolute atomic E-state index is 10.2. The normalized spacial score (nSPS) is 9.40. The lowest BCUT2D eigenvalue weighted by Gasteiger charge is -2.02. The molecule has 54 valence electrons. The lowest BCUT2D eigenvalue weighted by Crippen LogP contribution is -2.12. The first kappa shape index (κ1) is 7.21. The van der Waals surface area contributed by atoms with E-state index in [2.05, 4.69) is 4.98 Å². The van der Waals surface area contributed by atoms with E-state index in [1.165, 1.54) is 16.2 Å². The molecule has 0 unspecified atom stereocenters. The van der Waals surface area contributed by atoms with Gasteiger partial charge in [-0.2, -0.15) is 0 Å². The number of rotatable bonds is 2. The Balaban J connectivity index is 2.84. The first-order valence-corrected chi connectivity index (χ1v) is 3.72. The van der Waals surface area contributed by atoms with Gasteiger partial charge >= 0.3 is 0 Å². The zero-order valence-electron chi connectivity index (χ0n) is 5.87. The van der Waals surface area contributed by atoms with E-state index < -0.39 is 0 Å². The molecule has 3 nitrogen and oxygen atoms in total. The number of carbonyl (C=O) groups excluding carboxylic acids is 1. The Hall–Kier alpha value is -0.900. The van der Waals surface area contributed by atoms with Crippen molar-refractivity contribution >= 4 is 22.9 Å². The molecule has 1 aromatic heterocycles. The van der Waals surface area contributed by atoms with Crippen molar-refractivity contribution in [2.75, 3.05) is 11.9 Å². The number of aromatic nitrogens is 1.